The van der Waals surface area contributed by atoms with Crippen LogP contribution in [-0.2, 0) is 6.42 Å². The minimum absolute atomic E-state index is 0.0447. The van der Waals surface area contributed by atoms with Crippen molar-refractivity contribution < 1.29 is 4.79 Å². The van der Waals surface area contributed by atoms with E-state index in [4.69, 9.17) is 0 Å². The summed E-state index contributed by atoms with van der Waals surface area (Å²) in [6.07, 6.45) is 1.89. The normalized spacial score (nSPS) is 12.2. The molecule has 2 aromatic carbocycles. The Labute approximate surface area is 130 Å². The van der Waals surface area contributed by atoms with Crippen LogP contribution in [0.25, 0.3) is 10.9 Å². The zero-order chi connectivity index (χ0) is 15.4. The third-order valence-corrected chi connectivity index (χ3v) is 3.86. The fraction of sp³-hybridized carbons (Fsp3) is 0.211. The topological polar surface area (TPSA) is 44.9 Å². The molecule has 1 heterocycles. The minimum Gasteiger partial charge on any atom is -0.351 e. The van der Waals surface area contributed by atoms with Crippen LogP contribution in [0, 0.1) is 0 Å². The number of fused-ring (bicyclic) bond motifs is 1. The molecule has 0 aliphatic carbocycles. The van der Waals surface area contributed by atoms with E-state index in [1.54, 1.807) is 0 Å². The van der Waals surface area contributed by atoms with E-state index in [1.807, 2.05) is 55.5 Å². The molecule has 1 unspecified atom stereocenters. The maximum atomic E-state index is 12.3. The van der Waals surface area contributed by atoms with E-state index in [0.717, 1.165) is 23.7 Å². The second-order valence-electron chi connectivity index (χ2n) is 5.67. The molecule has 22 heavy (non-hydrogen) atoms. The Bertz CT molecular complexity index is 728. The molecule has 0 bridgehead atoms. The highest BCUT2D eigenvalue weighted by Crippen LogP contribution is 2.14. The SMILES string of the molecule is CC(CCc1ccccc1)NC(=O)c1cc2ccccc2[nH]1. The first-order valence-corrected chi connectivity index (χ1v) is 7.65. The van der Waals surface area contributed by atoms with Crippen molar-refractivity contribution in [3.63, 3.8) is 0 Å². The van der Waals surface area contributed by atoms with Gasteiger partial charge in [-0.3, -0.25) is 4.79 Å². The van der Waals surface area contributed by atoms with E-state index < -0.39 is 0 Å². The number of benzene rings is 2. The Balaban J connectivity index is 1.58. The van der Waals surface area contributed by atoms with Gasteiger partial charge in [0.15, 0.2) is 0 Å². The summed E-state index contributed by atoms with van der Waals surface area (Å²) in [5.74, 6) is -0.0447. The molecule has 3 nitrogen and oxygen atoms in total. The fourth-order valence-electron chi connectivity index (χ4n) is 2.60. The standard InChI is InChI=1S/C19H20N2O/c1-14(11-12-15-7-3-2-4-8-15)20-19(22)18-13-16-9-5-6-10-17(16)21-18/h2-10,13-14,21H,11-12H2,1H3,(H,20,22). The number of carbonyl (C=O) groups excluding carboxylic acids is 1. The van der Waals surface area contributed by atoms with Gasteiger partial charge in [-0.05, 0) is 37.5 Å². The van der Waals surface area contributed by atoms with Gasteiger partial charge in [0.2, 0.25) is 0 Å². The van der Waals surface area contributed by atoms with Crippen LogP contribution >= 0.6 is 0 Å². The lowest BCUT2D eigenvalue weighted by molar-refractivity contribution is 0.0934. The Kier molecular flexibility index (Phi) is 4.24. The monoisotopic (exact) mass is 292 g/mol. The average Bonchev–Trinajstić information content (AvgIpc) is 2.98. The van der Waals surface area contributed by atoms with Crippen molar-refractivity contribution >= 4 is 16.8 Å². The molecule has 0 fully saturated rings. The van der Waals surface area contributed by atoms with E-state index in [0.29, 0.717) is 5.69 Å². The lowest BCUT2D eigenvalue weighted by atomic mass is 10.1. The molecule has 1 aromatic heterocycles. The minimum atomic E-state index is -0.0447. The second-order valence-corrected chi connectivity index (χ2v) is 5.67. The third-order valence-electron chi connectivity index (χ3n) is 3.86. The van der Waals surface area contributed by atoms with Crippen LogP contribution in [0.5, 0.6) is 0 Å². The molecule has 0 aliphatic rings. The van der Waals surface area contributed by atoms with Crippen LogP contribution in [0.1, 0.15) is 29.4 Å². The van der Waals surface area contributed by atoms with Gasteiger partial charge in [0, 0.05) is 16.9 Å². The Morgan fingerprint density at radius 1 is 1.09 bits per heavy atom. The zero-order valence-corrected chi connectivity index (χ0v) is 12.7. The van der Waals surface area contributed by atoms with E-state index in [1.165, 1.54) is 5.56 Å². The van der Waals surface area contributed by atoms with Gasteiger partial charge in [0.05, 0.1) is 0 Å². The summed E-state index contributed by atoms with van der Waals surface area (Å²) in [7, 11) is 0. The number of hydrogen-bond acceptors (Lipinski definition) is 1. The van der Waals surface area contributed by atoms with Gasteiger partial charge in [-0.25, -0.2) is 0 Å². The Morgan fingerprint density at radius 2 is 1.82 bits per heavy atom. The molecule has 0 aliphatic heterocycles. The number of rotatable bonds is 5. The molecular weight excluding hydrogens is 272 g/mol. The third kappa shape index (κ3) is 3.37. The van der Waals surface area contributed by atoms with E-state index in [-0.39, 0.29) is 11.9 Å². The summed E-state index contributed by atoms with van der Waals surface area (Å²) in [5.41, 5.74) is 2.91. The highest BCUT2D eigenvalue weighted by Gasteiger charge is 2.12. The lowest BCUT2D eigenvalue weighted by Crippen LogP contribution is -2.33. The number of carbonyl (C=O) groups is 1. The van der Waals surface area contributed by atoms with Crippen LogP contribution < -0.4 is 5.32 Å². The molecule has 3 rings (SSSR count). The maximum Gasteiger partial charge on any atom is 0.267 e. The number of amides is 1. The van der Waals surface area contributed by atoms with Gasteiger partial charge < -0.3 is 10.3 Å². The second kappa shape index (κ2) is 6.48. The summed E-state index contributed by atoms with van der Waals surface area (Å²) in [6.45, 7) is 2.05. The molecule has 1 amide bonds. The van der Waals surface area contributed by atoms with Crippen molar-refractivity contribution in [3.8, 4) is 0 Å². The molecule has 3 heteroatoms. The highest BCUT2D eigenvalue weighted by atomic mass is 16.1. The summed E-state index contributed by atoms with van der Waals surface area (Å²) in [6, 6.07) is 20.3. The molecule has 1 atom stereocenters. The first-order valence-electron chi connectivity index (χ1n) is 7.65. The van der Waals surface area contributed by atoms with Gasteiger partial charge in [-0.1, -0.05) is 48.5 Å². The molecule has 0 saturated carbocycles. The number of nitrogens with one attached hydrogen (secondary N) is 2. The van der Waals surface area contributed by atoms with Crippen LogP contribution in [0.3, 0.4) is 0 Å². The van der Waals surface area contributed by atoms with Crippen LogP contribution in [0.15, 0.2) is 60.7 Å². The Morgan fingerprint density at radius 3 is 2.59 bits per heavy atom. The smallest absolute Gasteiger partial charge is 0.267 e. The predicted octanol–water partition coefficient (Wildman–Crippen LogP) is 3.92. The molecule has 3 aromatic rings. The first kappa shape index (κ1) is 14.4. The van der Waals surface area contributed by atoms with Crippen molar-refractivity contribution in [1.82, 2.24) is 10.3 Å². The number of hydrogen-bond donors (Lipinski definition) is 2. The molecule has 2 N–H and O–H groups in total. The number of aromatic nitrogens is 1. The van der Waals surface area contributed by atoms with Gasteiger partial charge in [-0.15, -0.1) is 0 Å². The average molecular weight is 292 g/mol. The number of aromatic amines is 1. The molecule has 0 radical (unpaired) electrons. The number of H-pyrrole nitrogens is 1. The van der Waals surface area contributed by atoms with E-state index in [9.17, 15) is 4.79 Å². The Hall–Kier alpha value is -2.55. The molecule has 0 saturated heterocycles. The number of para-hydroxylation sites is 1. The van der Waals surface area contributed by atoms with Gasteiger partial charge >= 0.3 is 0 Å². The summed E-state index contributed by atoms with van der Waals surface area (Å²) in [4.78, 5) is 15.5. The van der Waals surface area contributed by atoms with Gasteiger partial charge in [0.25, 0.3) is 5.91 Å². The van der Waals surface area contributed by atoms with Crippen molar-refractivity contribution in [2.24, 2.45) is 0 Å². The first-order chi connectivity index (χ1) is 10.7. The largest absolute Gasteiger partial charge is 0.351 e. The number of aryl methyl sites for hydroxylation is 1. The van der Waals surface area contributed by atoms with Crippen molar-refractivity contribution in [2.45, 2.75) is 25.8 Å². The summed E-state index contributed by atoms with van der Waals surface area (Å²) >= 11 is 0. The van der Waals surface area contributed by atoms with Crippen LogP contribution in [-0.4, -0.2) is 16.9 Å². The van der Waals surface area contributed by atoms with Crippen molar-refractivity contribution in [3.05, 3.63) is 71.9 Å². The molecular formula is C19H20N2O. The van der Waals surface area contributed by atoms with Gasteiger partial charge in [-0.2, -0.15) is 0 Å². The quantitative estimate of drug-likeness (QED) is 0.735. The van der Waals surface area contributed by atoms with Gasteiger partial charge in [0.1, 0.15) is 5.69 Å². The predicted molar refractivity (Wildman–Crippen MR) is 90.0 cm³/mol. The molecule has 112 valence electrons. The van der Waals surface area contributed by atoms with E-state index in [2.05, 4.69) is 22.4 Å². The van der Waals surface area contributed by atoms with Crippen molar-refractivity contribution in [1.29, 1.82) is 0 Å². The molecule has 0 spiro atoms. The summed E-state index contributed by atoms with van der Waals surface area (Å²) < 4.78 is 0. The van der Waals surface area contributed by atoms with E-state index >= 15 is 0 Å². The van der Waals surface area contributed by atoms with Crippen LogP contribution in [0.2, 0.25) is 0 Å². The highest BCUT2D eigenvalue weighted by molar-refractivity contribution is 5.98. The van der Waals surface area contributed by atoms with Crippen LogP contribution in [0.4, 0.5) is 0 Å². The summed E-state index contributed by atoms with van der Waals surface area (Å²) in [5, 5.41) is 4.12. The lowest BCUT2D eigenvalue weighted by Gasteiger charge is -2.13. The fourth-order valence-corrected chi connectivity index (χ4v) is 2.60. The zero-order valence-electron chi connectivity index (χ0n) is 12.7. The van der Waals surface area contributed by atoms with Crippen molar-refractivity contribution in [2.75, 3.05) is 0 Å². The maximum absolute atomic E-state index is 12.3.